The molecule has 0 radical (unpaired) electrons. The van der Waals surface area contributed by atoms with E-state index in [0.29, 0.717) is 6.61 Å². The minimum atomic E-state index is -0.713. The maximum atomic E-state index is 12.3. The van der Waals surface area contributed by atoms with Crippen molar-refractivity contribution in [2.45, 2.75) is 82.8 Å². The average Bonchev–Trinajstić information content (AvgIpc) is 3.08. The highest BCUT2D eigenvalue weighted by Gasteiger charge is 2.59. The van der Waals surface area contributed by atoms with E-state index in [9.17, 15) is 4.79 Å². The summed E-state index contributed by atoms with van der Waals surface area (Å²) in [5.74, 6) is -1.16. The van der Waals surface area contributed by atoms with Gasteiger partial charge in [0.2, 0.25) is 5.91 Å². The van der Waals surface area contributed by atoms with Crippen LogP contribution in [0, 0.1) is 5.92 Å². The second-order valence-electron chi connectivity index (χ2n) is 7.75. The van der Waals surface area contributed by atoms with E-state index in [0.717, 1.165) is 12.8 Å². The van der Waals surface area contributed by atoms with Crippen molar-refractivity contribution in [2.24, 2.45) is 5.92 Å². The minimum absolute atomic E-state index is 0.0655. The Hall–Kier alpha value is -0.730. The Kier molecular flexibility index (Phi) is 3.52. The Morgan fingerprint density at radius 2 is 1.74 bits per heavy atom. The van der Waals surface area contributed by atoms with Gasteiger partial charge in [0.25, 0.3) is 0 Å². The fourth-order valence-electron chi connectivity index (χ4n) is 3.52. The Labute approximate surface area is 135 Å². The van der Waals surface area contributed by atoms with E-state index < -0.39 is 17.9 Å². The van der Waals surface area contributed by atoms with Crippen LogP contribution in [0.5, 0.6) is 0 Å². The number of carbonyl (C=O) groups is 1. The molecule has 23 heavy (non-hydrogen) atoms. The van der Waals surface area contributed by atoms with Crippen molar-refractivity contribution in [3.05, 3.63) is 0 Å². The van der Waals surface area contributed by atoms with Crippen molar-refractivity contribution >= 4 is 5.91 Å². The molecule has 0 bridgehead atoms. The largest absolute Gasteiger partial charge is 0.348 e. The molecule has 7 nitrogen and oxygen atoms in total. The molecule has 4 rings (SSSR count). The summed E-state index contributed by atoms with van der Waals surface area (Å²) in [6, 6.07) is -0.294. The molecular formula is C16H25NO6. The number of rotatable bonds is 3. The van der Waals surface area contributed by atoms with Gasteiger partial charge in [0, 0.05) is 5.92 Å². The molecule has 4 aliphatic rings. The van der Waals surface area contributed by atoms with Gasteiger partial charge in [-0.2, -0.15) is 0 Å². The Balaban J connectivity index is 1.52. The number of nitrogens with one attached hydrogen (secondary N) is 1. The molecule has 3 aliphatic heterocycles. The molecule has 0 aromatic carbocycles. The standard InChI is InChI=1S/C16H25NO6/c1-15(2)19-7-9(21-15)11-10(17-13(18)8-5-6-8)12-14(20-11)23-16(3,4)22-12/h8-12,14H,5-7H2,1-4H3,(H,17,18)/t9-,10+,11-,12-,14-/m1/s1. The van der Waals surface area contributed by atoms with Crippen LogP contribution in [0.25, 0.3) is 0 Å². The number of ether oxygens (including phenoxy) is 5. The molecule has 0 aromatic rings. The van der Waals surface area contributed by atoms with Gasteiger partial charge >= 0.3 is 0 Å². The van der Waals surface area contributed by atoms with E-state index in [1.54, 1.807) is 0 Å². The molecule has 5 atom stereocenters. The highest BCUT2D eigenvalue weighted by Crippen LogP contribution is 2.41. The zero-order valence-corrected chi connectivity index (χ0v) is 14.0. The molecule has 3 heterocycles. The molecule has 0 spiro atoms. The van der Waals surface area contributed by atoms with Crippen molar-refractivity contribution in [3.8, 4) is 0 Å². The highest BCUT2D eigenvalue weighted by atomic mass is 16.8. The van der Waals surface area contributed by atoms with Gasteiger partial charge in [-0.25, -0.2) is 0 Å². The van der Waals surface area contributed by atoms with Gasteiger partial charge < -0.3 is 29.0 Å². The van der Waals surface area contributed by atoms with Gasteiger partial charge in [0.05, 0.1) is 12.6 Å². The van der Waals surface area contributed by atoms with Crippen LogP contribution in [-0.2, 0) is 28.5 Å². The molecule has 1 N–H and O–H groups in total. The summed E-state index contributed by atoms with van der Waals surface area (Å²) < 4.78 is 29.4. The first-order chi connectivity index (χ1) is 10.7. The van der Waals surface area contributed by atoms with E-state index in [-0.39, 0.29) is 36.2 Å². The van der Waals surface area contributed by atoms with E-state index >= 15 is 0 Å². The van der Waals surface area contributed by atoms with Crippen LogP contribution in [0.2, 0.25) is 0 Å². The van der Waals surface area contributed by atoms with Crippen molar-refractivity contribution in [1.29, 1.82) is 0 Å². The van der Waals surface area contributed by atoms with Gasteiger partial charge in [-0.05, 0) is 40.5 Å². The van der Waals surface area contributed by atoms with E-state index in [2.05, 4.69) is 5.32 Å². The maximum Gasteiger partial charge on any atom is 0.223 e. The van der Waals surface area contributed by atoms with Crippen LogP contribution >= 0.6 is 0 Å². The van der Waals surface area contributed by atoms with Crippen LogP contribution in [0.4, 0.5) is 0 Å². The molecule has 1 aliphatic carbocycles. The predicted molar refractivity (Wildman–Crippen MR) is 78.3 cm³/mol. The summed E-state index contributed by atoms with van der Waals surface area (Å²) in [6.07, 6.45) is 0.492. The normalized spacial score (nSPS) is 44.3. The lowest BCUT2D eigenvalue weighted by atomic mass is 10.0. The van der Waals surface area contributed by atoms with Crippen molar-refractivity contribution in [3.63, 3.8) is 0 Å². The van der Waals surface area contributed by atoms with Gasteiger partial charge in [0.15, 0.2) is 17.9 Å². The monoisotopic (exact) mass is 327 g/mol. The fraction of sp³-hybridized carbons (Fsp3) is 0.938. The quantitative estimate of drug-likeness (QED) is 0.830. The number of hydrogen-bond acceptors (Lipinski definition) is 6. The first-order valence-corrected chi connectivity index (χ1v) is 8.37. The van der Waals surface area contributed by atoms with E-state index in [1.165, 1.54) is 0 Å². The third-order valence-electron chi connectivity index (χ3n) is 4.74. The summed E-state index contributed by atoms with van der Waals surface area (Å²) in [4.78, 5) is 12.3. The van der Waals surface area contributed by atoms with Crippen molar-refractivity contribution in [1.82, 2.24) is 5.32 Å². The molecule has 1 saturated carbocycles. The Bertz CT molecular complexity index is 503. The summed E-state index contributed by atoms with van der Waals surface area (Å²) >= 11 is 0. The number of amides is 1. The smallest absolute Gasteiger partial charge is 0.223 e. The molecule has 0 unspecified atom stereocenters. The molecule has 7 heteroatoms. The molecule has 130 valence electrons. The average molecular weight is 327 g/mol. The summed E-state index contributed by atoms with van der Waals surface area (Å²) in [7, 11) is 0. The molecule has 4 fully saturated rings. The highest BCUT2D eigenvalue weighted by molar-refractivity contribution is 5.81. The van der Waals surface area contributed by atoms with Crippen molar-refractivity contribution < 1.29 is 28.5 Å². The molecule has 3 saturated heterocycles. The topological polar surface area (TPSA) is 75.3 Å². The molecule has 1 amide bonds. The number of fused-ring (bicyclic) bond motifs is 1. The summed E-state index contributed by atoms with van der Waals surface area (Å²) in [5, 5.41) is 3.10. The summed E-state index contributed by atoms with van der Waals surface area (Å²) in [5.41, 5.74) is 0. The Morgan fingerprint density at radius 3 is 2.35 bits per heavy atom. The minimum Gasteiger partial charge on any atom is -0.348 e. The third kappa shape index (κ3) is 3.00. The third-order valence-corrected chi connectivity index (χ3v) is 4.74. The second-order valence-corrected chi connectivity index (χ2v) is 7.75. The van der Waals surface area contributed by atoms with Crippen LogP contribution in [0.1, 0.15) is 40.5 Å². The van der Waals surface area contributed by atoms with Gasteiger partial charge in [-0.1, -0.05) is 0 Å². The number of carbonyl (C=O) groups excluding carboxylic acids is 1. The molecule has 0 aromatic heterocycles. The lowest BCUT2D eigenvalue weighted by molar-refractivity contribution is -0.223. The van der Waals surface area contributed by atoms with Crippen molar-refractivity contribution in [2.75, 3.05) is 6.61 Å². The van der Waals surface area contributed by atoms with Gasteiger partial charge in [-0.15, -0.1) is 0 Å². The van der Waals surface area contributed by atoms with E-state index in [1.807, 2.05) is 27.7 Å². The van der Waals surface area contributed by atoms with Gasteiger partial charge in [-0.3, -0.25) is 4.79 Å². The SMILES string of the molecule is CC1(C)O[C@H]2O[C@H]([C@H]3COC(C)(C)O3)[C@H](NC(=O)C3CC3)[C@H]2O1. The zero-order valence-electron chi connectivity index (χ0n) is 14.0. The van der Waals surface area contributed by atoms with Crippen LogP contribution in [0.3, 0.4) is 0 Å². The molecular weight excluding hydrogens is 302 g/mol. The maximum absolute atomic E-state index is 12.3. The lowest BCUT2D eigenvalue weighted by Gasteiger charge is -2.29. The van der Waals surface area contributed by atoms with Crippen LogP contribution in [0.15, 0.2) is 0 Å². The van der Waals surface area contributed by atoms with E-state index in [4.69, 9.17) is 23.7 Å². The zero-order chi connectivity index (χ0) is 16.4. The first kappa shape index (κ1) is 15.8. The first-order valence-electron chi connectivity index (χ1n) is 8.37. The fourth-order valence-corrected chi connectivity index (χ4v) is 3.52. The second kappa shape index (κ2) is 5.13. The Morgan fingerprint density at radius 1 is 1.00 bits per heavy atom. The number of hydrogen-bond donors (Lipinski definition) is 1. The lowest BCUT2D eigenvalue weighted by Crippen LogP contribution is -2.53. The summed E-state index contributed by atoms with van der Waals surface area (Å²) in [6.45, 7) is 7.87. The predicted octanol–water partition coefficient (Wildman–Crippen LogP) is 0.909. The van der Waals surface area contributed by atoms with Crippen LogP contribution in [-0.4, -0.2) is 54.7 Å². The van der Waals surface area contributed by atoms with Crippen LogP contribution < -0.4 is 5.32 Å². The van der Waals surface area contributed by atoms with Gasteiger partial charge in [0.1, 0.15) is 18.3 Å².